The van der Waals surface area contributed by atoms with Crippen LogP contribution in [-0.4, -0.2) is 60.5 Å². The Morgan fingerprint density at radius 2 is 1.81 bits per heavy atom. The van der Waals surface area contributed by atoms with Gasteiger partial charge in [-0.15, -0.1) is 0 Å². The molecule has 1 aliphatic carbocycles. The summed E-state index contributed by atoms with van der Waals surface area (Å²) in [5.74, 6) is 2.01. The number of likely N-dealkylation sites (tertiary alicyclic amines) is 1. The third kappa shape index (κ3) is 3.26. The largest absolute Gasteiger partial charge is 0.339 e. The Morgan fingerprint density at radius 3 is 2.52 bits per heavy atom. The molecule has 1 saturated carbocycles. The van der Waals surface area contributed by atoms with E-state index in [0.717, 1.165) is 51.0 Å². The van der Waals surface area contributed by atoms with E-state index in [-0.39, 0.29) is 6.04 Å². The lowest BCUT2D eigenvalue weighted by Crippen LogP contribution is -2.55. The summed E-state index contributed by atoms with van der Waals surface area (Å²) in [6, 6.07) is 0.810. The summed E-state index contributed by atoms with van der Waals surface area (Å²) in [5, 5.41) is 3.34. The fraction of sp³-hybridized carbons (Fsp3) is 0.941. The van der Waals surface area contributed by atoms with Crippen LogP contribution in [0.4, 0.5) is 0 Å². The summed E-state index contributed by atoms with van der Waals surface area (Å²) in [7, 11) is 0. The van der Waals surface area contributed by atoms with Crippen LogP contribution in [0.5, 0.6) is 0 Å². The fourth-order valence-electron chi connectivity index (χ4n) is 4.69. The molecule has 2 aliphatic heterocycles. The van der Waals surface area contributed by atoms with Crippen molar-refractivity contribution in [3.05, 3.63) is 0 Å². The number of hydrogen-bond acceptors (Lipinski definition) is 3. The zero-order valence-electron chi connectivity index (χ0n) is 13.7. The van der Waals surface area contributed by atoms with Gasteiger partial charge in [0.15, 0.2) is 0 Å². The highest BCUT2D eigenvalue weighted by Gasteiger charge is 2.40. The molecule has 0 aromatic carbocycles. The molecule has 3 aliphatic rings. The predicted molar refractivity (Wildman–Crippen MR) is 85.1 cm³/mol. The molecule has 0 radical (unpaired) electrons. The van der Waals surface area contributed by atoms with Crippen molar-refractivity contribution in [1.29, 1.82) is 0 Å². The number of nitrogens with one attached hydrogen (secondary N) is 1. The normalized spacial score (nSPS) is 38.7. The third-order valence-electron chi connectivity index (χ3n) is 5.82. The first-order valence-electron chi connectivity index (χ1n) is 8.92. The van der Waals surface area contributed by atoms with Gasteiger partial charge >= 0.3 is 0 Å². The van der Waals surface area contributed by atoms with E-state index in [2.05, 4.69) is 29.0 Å². The molecule has 3 rings (SSSR count). The highest BCUT2D eigenvalue weighted by Crippen LogP contribution is 2.35. The van der Waals surface area contributed by atoms with Gasteiger partial charge in [0.25, 0.3) is 0 Å². The Kier molecular flexibility index (Phi) is 4.85. The molecular weight excluding hydrogens is 262 g/mol. The number of carbonyl (C=O) groups is 1. The molecular formula is C17H31N3O. The van der Waals surface area contributed by atoms with Gasteiger partial charge in [0.1, 0.15) is 0 Å². The lowest BCUT2D eigenvalue weighted by molar-refractivity contribution is -0.138. The van der Waals surface area contributed by atoms with Gasteiger partial charge in [-0.2, -0.15) is 0 Å². The number of hydrogen-bond donors (Lipinski definition) is 1. The minimum Gasteiger partial charge on any atom is -0.339 e. The Bertz CT molecular complexity index is 367. The van der Waals surface area contributed by atoms with Crippen LogP contribution in [0.1, 0.15) is 46.0 Å². The average molecular weight is 293 g/mol. The van der Waals surface area contributed by atoms with Crippen LogP contribution in [0, 0.1) is 11.8 Å². The molecule has 4 nitrogen and oxygen atoms in total. The maximum absolute atomic E-state index is 12.9. The molecule has 4 atom stereocenters. The van der Waals surface area contributed by atoms with Crippen molar-refractivity contribution in [2.75, 3.05) is 32.7 Å². The summed E-state index contributed by atoms with van der Waals surface area (Å²) in [5.41, 5.74) is 0. The summed E-state index contributed by atoms with van der Waals surface area (Å²) >= 11 is 0. The highest BCUT2D eigenvalue weighted by molar-refractivity contribution is 5.82. The molecule has 4 unspecified atom stereocenters. The Hall–Kier alpha value is -0.610. The second-order valence-corrected chi connectivity index (χ2v) is 7.43. The van der Waals surface area contributed by atoms with Crippen LogP contribution in [0.3, 0.4) is 0 Å². The first-order valence-corrected chi connectivity index (χ1v) is 8.92. The lowest BCUT2D eigenvalue weighted by atomic mass is 9.79. The van der Waals surface area contributed by atoms with Gasteiger partial charge in [0, 0.05) is 32.2 Å². The van der Waals surface area contributed by atoms with Gasteiger partial charge in [-0.25, -0.2) is 0 Å². The first-order chi connectivity index (χ1) is 10.2. The smallest absolute Gasteiger partial charge is 0.240 e. The maximum atomic E-state index is 12.9. The van der Waals surface area contributed by atoms with Crippen molar-refractivity contribution in [2.45, 2.75) is 58.0 Å². The minimum atomic E-state index is 0.170. The number of nitrogens with zero attached hydrogens (tertiary/aromatic N) is 2. The van der Waals surface area contributed by atoms with E-state index in [4.69, 9.17) is 0 Å². The van der Waals surface area contributed by atoms with Crippen LogP contribution in [0.2, 0.25) is 0 Å². The number of piperazine rings is 1. The van der Waals surface area contributed by atoms with Gasteiger partial charge < -0.3 is 10.2 Å². The first kappa shape index (κ1) is 15.3. The van der Waals surface area contributed by atoms with Crippen LogP contribution in [0.15, 0.2) is 0 Å². The van der Waals surface area contributed by atoms with Crippen molar-refractivity contribution in [3.63, 3.8) is 0 Å². The van der Waals surface area contributed by atoms with Crippen molar-refractivity contribution < 1.29 is 4.79 Å². The van der Waals surface area contributed by atoms with Gasteiger partial charge in [0.05, 0.1) is 6.04 Å². The molecule has 0 aromatic heterocycles. The minimum absolute atomic E-state index is 0.170. The third-order valence-corrected chi connectivity index (χ3v) is 5.82. The monoisotopic (exact) mass is 293 g/mol. The van der Waals surface area contributed by atoms with E-state index in [1.807, 2.05) is 0 Å². The highest BCUT2D eigenvalue weighted by atomic mass is 16.2. The molecule has 2 heterocycles. The molecule has 3 fully saturated rings. The SMILES string of the molecule is CC1CCC(N2CCCC2C(=O)N2CCNCC2)C(C)C1. The Balaban J connectivity index is 1.65. The van der Waals surface area contributed by atoms with E-state index < -0.39 is 0 Å². The van der Waals surface area contributed by atoms with Crippen molar-refractivity contribution in [3.8, 4) is 0 Å². The van der Waals surface area contributed by atoms with Gasteiger partial charge in [-0.05, 0) is 50.5 Å². The maximum Gasteiger partial charge on any atom is 0.240 e. The molecule has 120 valence electrons. The molecule has 0 aromatic rings. The zero-order valence-corrected chi connectivity index (χ0v) is 13.7. The van der Waals surface area contributed by atoms with Crippen molar-refractivity contribution in [1.82, 2.24) is 15.1 Å². The van der Waals surface area contributed by atoms with E-state index in [0.29, 0.717) is 11.9 Å². The predicted octanol–water partition coefficient (Wildman–Crippen LogP) is 1.71. The fourth-order valence-corrected chi connectivity index (χ4v) is 4.69. The second-order valence-electron chi connectivity index (χ2n) is 7.43. The van der Waals surface area contributed by atoms with E-state index in [1.165, 1.54) is 25.7 Å². The molecule has 1 amide bonds. The molecule has 0 bridgehead atoms. The standard InChI is InChI=1S/C17H31N3O/c1-13-5-6-15(14(2)12-13)20-9-3-4-16(20)17(21)19-10-7-18-8-11-19/h13-16,18H,3-12H2,1-2H3. The van der Waals surface area contributed by atoms with Crippen LogP contribution in [-0.2, 0) is 4.79 Å². The number of amides is 1. The lowest BCUT2D eigenvalue weighted by Gasteiger charge is -2.42. The molecule has 4 heteroatoms. The van der Waals surface area contributed by atoms with E-state index in [9.17, 15) is 4.79 Å². The molecule has 1 N–H and O–H groups in total. The van der Waals surface area contributed by atoms with Crippen molar-refractivity contribution in [2.24, 2.45) is 11.8 Å². The molecule has 0 spiro atoms. The molecule has 21 heavy (non-hydrogen) atoms. The van der Waals surface area contributed by atoms with Crippen LogP contribution >= 0.6 is 0 Å². The summed E-state index contributed by atoms with van der Waals surface area (Å²) in [6.45, 7) is 9.59. The summed E-state index contributed by atoms with van der Waals surface area (Å²) in [6.07, 6.45) is 6.21. The summed E-state index contributed by atoms with van der Waals surface area (Å²) < 4.78 is 0. The zero-order chi connectivity index (χ0) is 14.8. The van der Waals surface area contributed by atoms with Gasteiger partial charge in [0.2, 0.25) is 5.91 Å². The van der Waals surface area contributed by atoms with E-state index in [1.54, 1.807) is 0 Å². The van der Waals surface area contributed by atoms with Crippen LogP contribution < -0.4 is 5.32 Å². The number of carbonyl (C=O) groups excluding carboxylic acids is 1. The van der Waals surface area contributed by atoms with Gasteiger partial charge in [-0.3, -0.25) is 9.69 Å². The average Bonchev–Trinajstić information content (AvgIpc) is 2.96. The Morgan fingerprint density at radius 1 is 1.05 bits per heavy atom. The topological polar surface area (TPSA) is 35.6 Å². The Labute approximate surface area is 129 Å². The van der Waals surface area contributed by atoms with E-state index >= 15 is 0 Å². The second kappa shape index (κ2) is 6.66. The summed E-state index contributed by atoms with van der Waals surface area (Å²) in [4.78, 5) is 17.5. The molecule has 2 saturated heterocycles. The van der Waals surface area contributed by atoms with Gasteiger partial charge in [-0.1, -0.05) is 13.8 Å². The quantitative estimate of drug-likeness (QED) is 0.842. The number of rotatable bonds is 2. The van der Waals surface area contributed by atoms with Crippen LogP contribution in [0.25, 0.3) is 0 Å². The van der Waals surface area contributed by atoms with Crippen molar-refractivity contribution >= 4 is 5.91 Å².